The fourth-order valence-corrected chi connectivity index (χ4v) is 3.77. The van der Waals surface area contributed by atoms with Gasteiger partial charge in [-0.2, -0.15) is 0 Å². The Morgan fingerprint density at radius 3 is 2.74 bits per heavy atom. The summed E-state index contributed by atoms with van der Waals surface area (Å²) in [6.45, 7) is 0. The van der Waals surface area contributed by atoms with Crippen molar-refractivity contribution >= 4 is 15.8 Å². The first-order valence-corrected chi connectivity index (χ1v) is 8.12. The molecule has 1 aromatic heterocycles. The van der Waals surface area contributed by atoms with Crippen molar-refractivity contribution in [2.45, 2.75) is 32.1 Å². The van der Waals surface area contributed by atoms with Gasteiger partial charge in [-0.1, -0.05) is 0 Å². The van der Waals surface area contributed by atoms with Gasteiger partial charge in [-0.3, -0.25) is 4.79 Å². The van der Waals surface area contributed by atoms with Gasteiger partial charge in [0.25, 0.3) is 0 Å². The van der Waals surface area contributed by atoms with E-state index in [0.717, 1.165) is 0 Å². The molecule has 0 aliphatic carbocycles. The van der Waals surface area contributed by atoms with Crippen molar-refractivity contribution in [1.82, 2.24) is 4.98 Å². The summed E-state index contributed by atoms with van der Waals surface area (Å²) in [6.07, 6.45) is 3.80. The molecule has 1 aliphatic rings. The number of aromatic nitrogens is 1. The maximum absolute atomic E-state index is 11.3. The van der Waals surface area contributed by atoms with E-state index in [2.05, 4.69) is 4.98 Å². The summed E-state index contributed by atoms with van der Waals surface area (Å²) in [5, 5.41) is 8.58. The van der Waals surface area contributed by atoms with E-state index in [9.17, 15) is 13.2 Å². The van der Waals surface area contributed by atoms with Crippen molar-refractivity contribution in [1.29, 1.82) is 0 Å². The van der Waals surface area contributed by atoms with Crippen LogP contribution < -0.4 is 0 Å². The minimum atomic E-state index is -2.84. The smallest absolute Gasteiger partial charge is 0.303 e. The van der Waals surface area contributed by atoms with Crippen LogP contribution in [0.2, 0.25) is 0 Å². The maximum atomic E-state index is 11.3. The number of carboxylic acids is 1. The van der Waals surface area contributed by atoms with Crippen LogP contribution >= 0.6 is 0 Å². The molecule has 2 rings (SSSR count). The topological polar surface area (TPSA) is 97.5 Å². The van der Waals surface area contributed by atoms with Crippen molar-refractivity contribution in [2.24, 2.45) is 5.92 Å². The summed E-state index contributed by atoms with van der Waals surface area (Å²) < 4.78 is 27.9. The molecule has 19 heavy (non-hydrogen) atoms. The Hall–Kier alpha value is -1.37. The van der Waals surface area contributed by atoms with E-state index in [4.69, 9.17) is 9.52 Å². The summed E-state index contributed by atoms with van der Waals surface area (Å²) in [6, 6.07) is 0. The quantitative estimate of drug-likeness (QED) is 0.869. The van der Waals surface area contributed by atoms with Gasteiger partial charge >= 0.3 is 5.97 Å². The van der Waals surface area contributed by atoms with E-state index in [0.29, 0.717) is 37.3 Å². The van der Waals surface area contributed by atoms with Gasteiger partial charge in [0.2, 0.25) is 0 Å². The molecule has 1 N–H and O–H groups in total. The molecule has 0 radical (unpaired) electrons. The molecule has 0 bridgehead atoms. The van der Waals surface area contributed by atoms with Crippen LogP contribution in [0.4, 0.5) is 0 Å². The van der Waals surface area contributed by atoms with Crippen molar-refractivity contribution in [3.05, 3.63) is 17.8 Å². The zero-order chi connectivity index (χ0) is 13.9. The molecule has 0 amide bonds. The number of rotatable bonds is 5. The van der Waals surface area contributed by atoms with Crippen molar-refractivity contribution in [2.75, 3.05) is 11.5 Å². The van der Waals surface area contributed by atoms with Crippen LogP contribution in [0.15, 0.2) is 10.7 Å². The van der Waals surface area contributed by atoms with Crippen LogP contribution in [0.1, 0.15) is 30.8 Å². The minimum absolute atomic E-state index is 0.0354. The maximum Gasteiger partial charge on any atom is 0.303 e. The molecule has 1 fully saturated rings. The van der Waals surface area contributed by atoms with Gasteiger partial charge in [-0.25, -0.2) is 13.4 Å². The van der Waals surface area contributed by atoms with E-state index in [1.165, 1.54) is 6.26 Å². The molecule has 7 heteroatoms. The van der Waals surface area contributed by atoms with Gasteiger partial charge in [-0.15, -0.1) is 0 Å². The Balaban J connectivity index is 1.85. The Kier molecular flexibility index (Phi) is 4.24. The number of oxazole rings is 1. The van der Waals surface area contributed by atoms with Crippen molar-refractivity contribution in [3.63, 3.8) is 0 Å². The number of sulfone groups is 1. The lowest BCUT2D eigenvalue weighted by Crippen LogP contribution is -2.24. The van der Waals surface area contributed by atoms with Crippen LogP contribution in [0, 0.1) is 5.92 Å². The second-order valence-corrected chi connectivity index (χ2v) is 7.23. The van der Waals surface area contributed by atoms with Gasteiger partial charge < -0.3 is 9.52 Å². The highest BCUT2D eigenvalue weighted by atomic mass is 32.2. The van der Waals surface area contributed by atoms with Gasteiger partial charge in [-0.05, 0) is 18.8 Å². The molecular formula is C12H17NO5S. The molecular weight excluding hydrogens is 270 g/mol. The fraction of sp³-hybridized carbons (Fsp3) is 0.667. The fourth-order valence-electron chi connectivity index (χ4n) is 2.18. The zero-order valence-electron chi connectivity index (χ0n) is 10.5. The summed E-state index contributed by atoms with van der Waals surface area (Å²) >= 11 is 0. The standard InChI is InChI=1S/C12H17NO5S/c14-12(15)2-1-10-8-18-11(13-10)7-9-3-5-19(16,17)6-4-9/h8-9H,1-7H2,(H,14,15). The van der Waals surface area contributed by atoms with Gasteiger partial charge in [0.1, 0.15) is 16.1 Å². The number of aliphatic carboxylic acids is 1. The third-order valence-electron chi connectivity index (χ3n) is 3.33. The third kappa shape index (κ3) is 4.34. The summed E-state index contributed by atoms with van der Waals surface area (Å²) in [5.41, 5.74) is 0.640. The number of carboxylic acid groups (broad SMARTS) is 1. The van der Waals surface area contributed by atoms with Crippen LogP contribution in [-0.4, -0.2) is 36.0 Å². The van der Waals surface area contributed by atoms with Gasteiger partial charge in [0.05, 0.1) is 23.6 Å². The van der Waals surface area contributed by atoms with Crippen molar-refractivity contribution in [3.8, 4) is 0 Å². The first-order chi connectivity index (χ1) is 8.94. The molecule has 0 saturated carbocycles. The highest BCUT2D eigenvalue weighted by molar-refractivity contribution is 7.91. The first kappa shape index (κ1) is 14.0. The highest BCUT2D eigenvalue weighted by Crippen LogP contribution is 2.22. The van der Waals surface area contributed by atoms with E-state index >= 15 is 0 Å². The number of nitrogens with zero attached hydrogens (tertiary/aromatic N) is 1. The lowest BCUT2D eigenvalue weighted by molar-refractivity contribution is -0.136. The monoisotopic (exact) mass is 287 g/mol. The lowest BCUT2D eigenvalue weighted by Gasteiger charge is -2.20. The molecule has 6 nitrogen and oxygen atoms in total. The molecule has 0 atom stereocenters. The molecule has 2 heterocycles. The summed E-state index contributed by atoms with van der Waals surface area (Å²) in [4.78, 5) is 14.7. The molecule has 0 unspecified atom stereocenters. The molecule has 1 aromatic rings. The van der Waals surface area contributed by atoms with Crippen LogP contribution in [-0.2, 0) is 27.5 Å². The number of hydrogen-bond donors (Lipinski definition) is 1. The van der Waals surface area contributed by atoms with Crippen LogP contribution in [0.3, 0.4) is 0 Å². The Morgan fingerprint density at radius 2 is 2.11 bits per heavy atom. The second-order valence-electron chi connectivity index (χ2n) is 4.93. The molecule has 106 valence electrons. The highest BCUT2D eigenvalue weighted by Gasteiger charge is 2.24. The number of aryl methyl sites for hydroxylation is 1. The SMILES string of the molecule is O=C(O)CCc1coc(CC2CCS(=O)(=O)CC2)n1. The Bertz CT molecular complexity index is 534. The Morgan fingerprint density at radius 1 is 1.42 bits per heavy atom. The van der Waals surface area contributed by atoms with Crippen molar-refractivity contribution < 1.29 is 22.7 Å². The lowest BCUT2D eigenvalue weighted by atomic mass is 9.99. The van der Waals surface area contributed by atoms with E-state index in [1.54, 1.807) is 0 Å². The Labute approximate surface area is 111 Å². The largest absolute Gasteiger partial charge is 0.481 e. The molecule has 1 saturated heterocycles. The van der Waals surface area contributed by atoms with Crippen LogP contribution in [0.25, 0.3) is 0 Å². The first-order valence-electron chi connectivity index (χ1n) is 6.30. The van der Waals surface area contributed by atoms with E-state index in [1.807, 2.05) is 0 Å². The molecule has 0 aromatic carbocycles. The summed E-state index contributed by atoms with van der Waals surface area (Å²) in [7, 11) is -2.84. The second kappa shape index (κ2) is 5.73. The van der Waals surface area contributed by atoms with E-state index in [-0.39, 0.29) is 23.8 Å². The van der Waals surface area contributed by atoms with Gasteiger partial charge in [0.15, 0.2) is 5.89 Å². The minimum Gasteiger partial charge on any atom is -0.481 e. The summed E-state index contributed by atoms with van der Waals surface area (Å²) in [5.74, 6) is 0.482. The predicted molar refractivity (Wildman–Crippen MR) is 67.5 cm³/mol. The normalized spacial score (nSPS) is 19.4. The van der Waals surface area contributed by atoms with E-state index < -0.39 is 15.8 Å². The average Bonchev–Trinajstić information content (AvgIpc) is 2.77. The number of hydrogen-bond acceptors (Lipinski definition) is 5. The van der Waals surface area contributed by atoms with Gasteiger partial charge in [0, 0.05) is 12.8 Å². The average molecular weight is 287 g/mol. The number of carbonyl (C=O) groups is 1. The van der Waals surface area contributed by atoms with Crippen LogP contribution in [0.5, 0.6) is 0 Å². The third-order valence-corrected chi connectivity index (χ3v) is 5.05. The zero-order valence-corrected chi connectivity index (χ0v) is 11.4. The molecule has 0 spiro atoms. The molecule has 1 aliphatic heterocycles. The predicted octanol–water partition coefficient (Wildman–Crippen LogP) is 1.06.